The summed E-state index contributed by atoms with van der Waals surface area (Å²) in [5.41, 5.74) is 6.10. The first-order valence-corrected chi connectivity index (χ1v) is 10.9. The second-order valence-electron chi connectivity index (χ2n) is 9.04. The highest BCUT2D eigenvalue weighted by atomic mass is 19.1. The number of aromatic nitrogens is 2. The van der Waals surface area contributed by atoms with Crippen LogP contribution in [0.1, 0.15) is 43.0 Å². The van der Waals surface area contributed by atoms with Crippen LogP contribution in [0, 0.1) is 17.2 Å². The molecule has 1 fully saturated rings. The first-order valence-electron chi connectivity index (χ1n) is 10.9. The van der Waals surface area contributed by atoms with Gasteiger partial charge >= 0.3 is 0 Å². The number of hydrogen-bond acceptors (Lipinski definition) is 2. The van der Waals surface area contributed by atoms with Crippen LogP contribution in [0.5, 0.6) is 0 Å². The van der Waals surface area contributed by atoms with E-state index in [-0.39, 0.29) is 17.2 Å². The standard InChI is InChI=1S/C27H27FN2O/c1-18(19-7-4-3-5-8-19)26(31)24-10-6-9-21-15-25-20(16-27(21,24)2)17-29-30(25)23-13-11-22(28)12-14-23/h3-5,7-8,11-15,17,24,26,31H,1,6,9-10,16H2,2H3/t24?,26-,27-/m0/s1. The Balaban J connectivity index is 1.49. The zero-order valence-electron chi connectivity index (χ0n) is 17.8. The van der Waals surface area contributed by atoms with Crippen LogP contribution in [0.15, 0.2) is 72.9 Å². The van der Waals surface area contributed by atoms with Crippen molar-refractivity contribution in [3.8, 4) is 5.69 Å². The van der Waals surface area contributed by atoms with Gasteiger partial charge in [-0.3, -0.25) is 0 Å². The van der Waals surface area contributed by atoms with E-state index in [1.165, 1.54) is 23.3 Å². The van der Waals surface area contributed by atoms with Crippen LogP contribution >= 0.6 is 0 Å². The topological polar surface area (TPSA) is 38.1 Å². The Morgan fingerprint density at radius 2 is 1.94 bits per heavy atom. The molecule has 2 aliphatic carbocycles. The van der Waals surface area contributed by atoms with Crippen LogP contribution in [0.4, 0.5) is 4.39 Å². The SMILES string of the molecule is C=C(c1ccccc1)[C@H](O)C1CCCC2=Cc3c(cnn3-c3ccc(F)cc3)C[C@@]21C. The molecule has 3 nitrogen and oxygen atoms in total. The lowest BCUT2D eigenvalue weighted by molar-refractivity contribution is 0.0592. The lowest BCUT2D eigenvalue weighted by atomic mass is 9.57. The van der Waals surface area contributed by atoms with Crippen LogP contribution in [-0.2, 0) is 6.42 Å². The van der Waals surface area contributed by atoms with Gasteiger partial charge in [0.15, 0.2) is 0 Å². The first-order chi connectivity index (χ1) is 15.0. The van der Waals surface area contributed by atoms with Crippen molar-refractivity contribution in [3.05, 3.63) is 95.6 Å². The van der Waals surface area contributed by atoms with Crippen molar-refractivity contribution in [2.75, 3.05) is 0 Å². The molecule has 1 heterocycles. The molecule has 4 heteroatoms. The number of fused-ring (bicyclic) bond motifs is 2. The molecule has 3 atom stereocenters. The molecule has 5 rings (SSSR count). The molecule has 1 N–H and O–H groups in total. The molecule has 2 aromatic carbocycles. The average Bonchev–Trinajstić information content (AvgIpc) is 3.19. The molecule has 158 valence electrons. The Hall–Kier alpha value is -2.98. The molecule has 31 heavy (non-hydrogen) atoms. The Morgan fingerprint density at radius 3 is 2.68 bits per heavy atom. The Labute approximate surface area is 182 Å². The second-order valence-corrected chi connectivity index (χ2v) is 9.04. The first kappa shape index (κ1) is 20.0. The monoisotopic (exact) mass is 414 g/mol. The number of hydrogen-bond donors (Lipinski definition) is 1. The lowest BCUT2D eigenvalue weighted by Crippen LogP contribution is -2.43. The van der Waals surface area contributed by atoms with Crippen LogP contribution < -0.4 is 0 Å². The van der Waals surface area contributed by atoms with Gasteiger partial charge in [0.2, 0.25) is 0 Å². The zero-order valence-corrected chi connectivity index (χ0v) is 17.8. The number of rotatable bonds is 4. The Morgan fingerprint density at radius 1 is 1.19 bits per heavy atom. The van der Waals surface area contributed by atoms with E-state index in [9.17, 15) is 9.50 Å². The average molecular weight is 415 g/mol. The maximum atomic E-state index is 13.4. The van der Waals surface area contributed by atoms with E-state index in [4.69, 9.17) is 0 Å². The summed E-state index contributed by atoms with van der Waals surface area (Å²) in [5, 5.41) is 16.0. The zero-order chi connectivity index (χ0) is 21.6. The molecule has 0 saturated heterocycles. The van der Waals surface area contributed by atoms with Crippen molar-refractivity contribution in [2.24, 2.45) is 11.3 Å². The summed E-state index contributed by atoms with van der Waals surface area (Å²) in [7, 11) is 0. The molecular weight excluding hydrogens is 387 g/mol. The minimum absolute atomic E-state index is 0.0996. The van der Waals surface area contributed by atoms with E-state index in [0.29, 0.717) is 0 Å². The van der Waals surface area contributed by atoms with Crippen molar-refractivity contribution < 1.29 is 9.50 Å². The fourth-order valence-electron chi connectivity index (χ4n) is 5.44. The third-order valence-electron chi connectivity index (χ3n) is 7.22. The smallest absolute Gasteiger partial charge is 0.123 e. The van der Waals surface area contributed by atoms with Crippen molar-refractivity contribution >= 4 is 11.6 Å². The number of nitrogens with zero attached hydrogens (tertiary/aromatic N) is 2. The van der Waals surface area contributed by atoms with Crippen molar-refractivity contribution in [1.29, 1.82) is 0 Å². The van der Waals surface area contributed by atoms with Crippen LogP contribution in [-0.4, -0.2) is 21.0 Å². The summed E-state index contributed by atoms with van der Waals surface area (Å²) in [4.78, 5) is 0. The molecule has 1 aromatic heterocycles. The second kappa shape index (κ2) is 7.61. The number of aliphatic hydroxyl groups is 1. The summed E-state index contributed by atoms with van der Waals surface area (Å²) in [6, 6.07) is 16.4. The van der Waals surface area contributed by atoms with Gasteiger partial charge in [-0.25, -0.2) is 9.07 Å². The predicted octanol–water partition coefficient (Wildman–Crippen LogP) is 5.83. The quantitative estimate of drug-likeness (QED) is 0.583. The number of halogens is 1. The molecule has 0 amide bonds. The van der Waals surface area contributed by atoms with Gasteiger partial charge in [-0.2, -0.15) is 5.10 Å². The Kier molecular flexibility index (Phi) is 4.90. The molecule has 3 aromatic rings. The molecule has 0 aliphatic heterocycles. The number of benzene rings is 2. The van der Waals surface area contributed by atoms with Crippen LogP contribution in [0.2, 0.25) is 0 Å². The molecular formula is C27H27FN2O. The molecule has 0 radical (unpaired) electrons. The van der Waals surface area contributed by atoms with Gasteiger partial charge in [0, 0.05) is 0 Å². The van der Waals surface area contributed by atoms with E-state index in [2.05, 4.69) is 24.7 Å². The summed E-state index contributed by atoms with van der Waals surface area (Å²) in [6.45, 7) is 6.53. The van der Waals surface area contributed by atoms with Crippen molar-refractivity contribution in [3.63, 3.8) is 0 Å². The van der Waals surface area contributed by atoms with Gasteiger partial charge in [0.05, 0.1) is 23.7 Å². The third-order valence-corrected chi connectivity index (χ3v) is 7.22. The maximum Gasteiger partial charge on any atom is 0.123 e. The normalized spacial score (nSPS) is 23.5. The van der Waals surface area contributed by atoms with Gasteiger partial charge in [0.1, 0.15) is 5.82 Å². The van der Waals surface area contributed by atoms with E-state index in [1.807, 2.05) is 41.2 Å². The molecule has 0 bridgehead atoms. The lowest BCUT2D eigenvalue weighted by Gasteiger charge is -2.48. The fraction of sp³-hybridized carbons (Fsp3) is 0.296. The van der Waals surface area contributed by atoms with E-state index >= 15 is 0 Å². The van der Waals surface area contributed by atoms with Gasteiger partial charge < -0.3 is 5.11 Å². The molecule has 2 aliphatic rings. The molecule has 0 spiro atoms. The number of allylic oxidation sites excluding steroid dienone is 1. The number of aliphatic hydroxyl groups excluding tert-OH is 1. The van der Waals surface area contributed by atoms with E-state index in [1.54, 1.807) is 12.1 Å². The predicted molar refractivity (Wildman–Crippen MR) is 122 cm³/mol. The molecule has 1 unspecified atom stereocenters. The van der Waals surface area contributed by atoms with E-state index < -0.39 is 6.10 Å². The highest BCUT2D eigenvalue weighted by Crippen LogP contribution is 2.53. The van der Waals surface area contributed by atoms with Gasteiger partial charge in [-0.05, 0) is 84.1 Å². The van der Waals surface area contributed by atoms with Crippen LogP contribution in [0.3, 0.4) is 0 Å². The van der Waals surface area contributed by atoms with Gasteiger partial charge in [-0.15, -0.1) is 0 Å². The highest BCUT2D eigenvalue weighted by molar-refractivity contribution is 5.68. The highest BCUT2D eigenvalue weighted by Gasteiger charge is 2.46. The maximum absolute atomic E-state index is 13.4. The van der Waals surface area contributed by atoms with Crippen LogP contribution in [0.25, 0.3) is 17.3 Å². The van der Waals surface area contributed by atoms with E-state index in [0.717, 1.165) is 48.2 Å². The minimum Gasteiger partial charge on any atom is -0.388 e. The largest absolute Gasteiger partial charge is 0.388 e. The van der Waals surface area contributed by atoms with Crippen molar-refractivity contribution in [2.45, 2.75) is 38.7 Å². The summed E-state index contributed by atoms with van der Waals surface area (Å²) < 4.78 is 15.3. The molecule has 1 saturated carbocycles. The fourth-order valence-corrected chi connectivity index (χ4v) is 5.44. The minimum atomic E-state index is -0.593. The van der Waals surface area contributed by atoms with Crippen molar-refractivity contribution in [1.82, 2.24) is 9.78 Å². The van der Waals surface area contributed by atoms with Gasteiger partial charge in [0.25, 0.3) is 0 Å². The summed E-state index contributed by atoms with van der Waals surface area (Å²) in [6.07, 6.45) is 7.45. The van der Waals surface area contributed by atoms with Gasteiger partial charge in [-0.1, -0.05) is 49.4 Å². The summed E-state index contributed by atoms with van der Waals surface area (Å²) >= 11 is 0. The third kappa shape index (κ3) is 3.35. The Bertz CT molecular complexity index is 1150. The summed E-state index contributed by atoms with van der Waals surface area (Å²) in [5.74, 6) is -0.152.